The minimum Gasteiger partial charge on any atom is -0.396 e. The van der Waals surface area contributed by atoms with E-state index >= 15 is 0 Å². The van der Waals surface area contributed by atoms with Crippen LogP contribution in [0.25, 0.3) is 0 Å². The second-order valence-electron chi connectivity index (χ2n) is 12.3. The van der Waals surface area contributed by atoms with Gasteiger partial charge in [0.05, 0.1) is 11.7 Å². The minimum absolute atomic E-state index is 0.0391. The van der Waals surface area contributed by atoms with Crippen LogP contribution in [0.4, 0.5) is 0 Å². The molecule has 35 heavy (non-hydrogen) atoms. The number of fused-ring (bicyclic) bond motifs is 1. The maximum absolute atomic E-state index is 10.8. The molecule has 3 aliphatic carbocycles. The maximum Gasteiger partial charge on any atom is 0.113 e. The van der Waals surface area contributed by atoms with Gasteiger partial charge < -0.3 is 25.2 Å². The molecule has 0 saturated heterocycles. The highest BCUT2D eigenvalue weighted by atomic mass is 16.5. The van der Waals surface area contributed by atoms with Gasteiger partial charge in [0.15, 0.2) is 0 Å². The highest BCUT2D eigenvalue weighted by Gasteiger charge is 2.49. The smallest absolute Gasteiger partial charge is 0.113 e. The molecule has 200 valence electrons. The fraction of sp³-hybridized carbons (Fsp3) is 0.800. The number of hydrogen-bond donors (Lipinski definition) is 4. The van der Waals surface area contributed by atoms with Crippen LogP contribution in [-0.2, 0) is 4.74 Å². The van der Waals surface area contributed by atoms with Gasteiger partial charge in [0.2, 0.25) is 0 Å². The van der Waals surface area contributed by atoms with Crippen molar-refractivity contribution < 1.29 is 25.2 Å². The van der Waals surface area contributed by atoms with Gasteiger partial charge in [-0.3, -0.25) is 0 Å². The van der Waals surface area contributed by atoms with Gasteiger partial charge in [-0.25, -0.2) is 0 Å². The molecule has 4 N–H and O–H groups in total. The second kappa shape index (κ2) is 12.0. The van der Waals surface area contributed by atoms with Crippen LogP contribution in [0.2, 0.25) is 0 Å². The summed E-state index contributed by atoms with van der Waals surface area (Å²) >= 11 is 0. The summed E-state index contributed by atoms with van der Waals surface area (Å²) in [5.74, 6) is 1.93. The number of allylic oxidation sites excluding steroid dienone is 4. The number of aliphatic hydroxyl groups excluding tert-OH is 3. The summed E-state index contributed by atoms with van der Waals surface area (Å²) in [5, 5.41) is 40.4. The van der Waals surface area contributed by atoms with Gasteiger partial charge in [0, 0.05) is 19.6 Å². The lowest BCUT2D eigenvalue weighted by atomic mass is 9.62. The van der Waals surface area contributed by atoms with Gasteiger partial charge in [0.25, 0.3) is 0 Å². The van der Waals surface area contributed by atoms with E-state index in [9.17, 15) is 15.3 Å². The number of aliphatic hydroxyl groups is 4. The Hall–Kier alpha value is -0.980. The van der Waals surface area contributed by atoms with E-state index in [0.717, 1.165) is 30.4 Å². The molecule has 0 aromatic heterocycles. The Balaban J connectivity index is 1.66. The molecule has 0 bridgehead atoms. The fourth-order valence-corrected chi connectivity index (χ4v) is 7.07. The molecule has 5 nitrogen and oxygen atoms in total. The molecule has 3 rings (SSSR count). The zero-order valence-corrected chi connectivity index (χ0v) is 22.7. The summed E-state index contributed by atoms with van der Waals surface area (Å²) in [6.07, 6.45) is 13.4. The van der Waals surface area contributed by atoms with Crippen LogP contribution in [-0.4, -0.2) is 57.6 Å². The Kier molecular flexibility index (Phi) is 9.84. The molecule has 5 heteroatoms. The maximum atomic E-state index is 10.8. The molecule has 0 spiro atoms. The SMILES string of the molecule is CC1=C(/C=C\C2=CCC[C@@]3(C)C2CC[C@@H]3C(C)CCCC(C)(C)O)C[C@@H](O)[C@@H](OCCCO)[C@@H]1O. The van der Waals surface area contributed by atoms with Gasteiger partial charge in [-0.15, -0.1) is 0 Å². The van der Waals surface area contributed by atoms with Crippen LogP contribution in [0.3, 0.4) is 0 Å². The van der Waals surface area contributed by atoms with E-state index in [-0.39, 0.29) is 6.61 Å². The first-order valence-corrected chi connectivity index (χ1v) is 13.9. The number of ether oxygens (including phenoxy) is 1. The molecule has 0 radical (unpaired) electrons. The molecule has 0 aromatic rings. The van der Waals surface area contributed by atoms with Crippen molar-refractivity contribution in [3.8, 4) is 0 Å². The first-order valence-electron chi connectivity index (χ1n) is 13.9. The standard InChI is InChI=1S/C30H50O5/c1-20(9-6-15-29(3,4)34)24-13-14-25-22(10-7-16-30(24,25)5)11-12-23-19-26(32)28(27(33)21(23)2)35-18-8-17-31/h10-12,20,24-28,31-34H,6-9,13-19H2,1-5H3/b12-11-/t20?,24-,25?,26-,27-,28-,30-/m1/s1. The van der Waals surface area contributed by atoms with Gasteiger partial charge in [-0.05, 0) is 99.2 Å². The molecular formula is C30H50O5. The van der Waals surface area contributed by atoms with E-state index in [1.165, 1.54) is 31.3 Å². The average molecular weight is 491 g/mol. The van der Waals surface area contributed by atoms with Gasteiger partial charge in [0.1, 0.15) is 12.2 Å². The van der Waals surface area contributed by atoms with Gasteiger partial charge in [-0.2, -0.15) is 0 Å². The average Bonchev–Trinajstić information content (AvgIpc) is 3.14. The van der Waals surface area contributed by atoms with Crippen molar-refractivity contribution in [2.24, 2.45) is 23.2 Å². The lowest BCUT2D eigenvalue weighted by Gasteiger charge is -2.43. The second-order valence-corrected chi connectivity index (χ2v) is 12.3. The quantitative estimate of drug-likeness (QED) is 0.303. The molecular weight excluding hydrogens is 440 g/mol. The molecule has 7 atom stereocenters. The van der Waals surface area contributed by atoms with E-state index in [0.29, 0.717) is 42.6 Å². The highest BCUT2D eigenvalue weighted by Crippen LogP contribution is 2.58. The lowest BCUT2D eigenvalue weighted by Crippen LogP contribution is -2.44. The molecule has 1 saturated carbocycles. The normalized spacial score (nSPS) is 34.9. The third-order valence-corrected chi connectivity index (χ3v) is 9.17. The van der Waals surface area contributed by atoms with Crippen molar-refractivity contribution in [3.63, 3.8) is 0 Å². The van der Waals surface area contributed by atoms with Crippen LogP contribution in [0.5, 0.6) is 0 Å². The van der Waals surface area contributed by atoms with E-state index in [1.54, 1.807) is 0 Å². The number of hydrogen-bond acceptors (Lipinski definition) is 5. The summed E-state index contributed by atoms with van der Waals surface area (Å²) < 4.78 is 5.67. The predicted molar refractivity (Wildman–Crippen MR) is 141 cm³/mol. The first-order chi connectivity index (χ1) is 16.5. The molecule has 0 aliphatic heterocycles. The number of rotatable bonds is 11. The van der Waals surface area contributed by atoms with Crippen molar-refractivity contribution in [2.45, 2.75) is 116 Å². The van der Waals surface area contributed by atoms with Gasteiger partial charge in [-0.1, -0.05) is 44.9 Å². The lowest BCUT2D eigenvalue weighted by molar-refractivity contribution is -0.0958. The van der Waals surface area contributed by atoms with E-state index in [1.807, 2.05) is 20.8 Å². The van der Waals surface area contributed by atoms with Gasteiger partial charge >= 0.3 is 0 Å². The highest BCUT2D eigenvalue weighted by molar-refractivity contribution is 5.38. The van der Waals surface area contributed by atoms with Crippen LogP contribution in [0.15, 0.2) is 34.9 Å². The Labute approximate surface area is 213 Å². The zero-order chi connectivity index (χ0) is 25.8. The Morgan fingerprint density at radius 2 is 1.94 bits per heavy atom. The molecule has 0 aromatic carbocycles. The van der Waals surface area contributed by atoms with E-state index in [2.05, 4.69) is 32.1 Å². The zero-order valence-electron chi connectivity index (χ0n) is 22.7. The Morgan fingerprint density at radius 1 is 1.20 bits per heavy atom. The van der Waals surface area contributed by atoms with E-state index < -0.39 is 23.9 Å². The van der Waals surface area contributed by atoms with Crippen molar-refractivity contribution in [2.75, 3.05) is 13.2 Å². The van der Waals surface area contributed by atoms with Crippen LogP contribution in [0, 0.1) is 23.2 Å². The summed E-state index contributed by atoms with van der Waals surface area (Å²) in [4.78, 5) is 0. The Bertz CT molecular complexity index is 791. The van der Waals surface area contributed by atoms with Crippen molar-refractivity contribution in [1.29, 1.82) is 0 Å². The molecule has 2 unspecified atom stereocenters. The topological polar surface area (TPSA) is 90.2 Å². The fourth-order valence-electron chi connectivity index (χ4n) is 7.07. The minimum atomic E-state index is -0.830. The van der Waals surface area contributed by atoms with Crippen molar-refractivity contribution >= 4 is 0 Å². The van der Waals surface area contributed by atoms with Crippen LogP contribution >= 0.6 is 0 Å². The summed E-state index contributed by atoms with van der Waals surface area (Å²) in [5.41, 5.74) is 3.00. The molecule has 0 heterocycles. The predicted octanol–water partition coefficient (Wildman–Crippen LogP) is 5.08. The van der Waals surface area contributed by atoms with Crippen molar-refractivity contribution in [1.82, 2.24) is 0 Å². The molecule has 1 fully saturated rings. The third kappa shape index (κ3) is 6.87. The summed E-state index contributed by atoms with van der Waals surface area (Å²) in [6.45, 7) is 11.0. The molecule has 3 aliphatic rings. The van der Waals surface area contributed by atoms with Crippen LogP contribution in [0.1, 0.15) is 92.4 Å². The largest absolute Gasteiger partial charge is 0.396 e. The summed E-state index contributed by atoms with van der Waals surface area (Å²) in [6, 6.07) is 0. The summed E-state index contributed by atoms with van der Waals surface area (Å²) in [7, 11) is 0. The van der Waals surface area contributed by atoms with E-state index in [4.69, 9.17) is 9.84 Å². The Morgan fingerprint density at radius 3 is 2.63 bits per heavy atom. The van der Waals surface area contributed by atoms with Crippen molar-refractivity contribution in [3.05, 3.63) is 34.9 Å². The van der Waals surface area contributed by atoms with Crippen LogP contribution < -0.4 is 0 Å². The first kappa shape index (κ1) is 28.6. The monoisotopic (exact) mass is 490 g/mol. The third-order valence-electron chi connectivity index (χ3n) is 9.17. The molecule has 0 amide bonds.